The molecule has 9 nitrogen and oxygen atoms in total. The van der Waals surface area contributed by atoms with E-state index in [-0.39, 0.29) is 58.0 Å². The minimum absolute atomic E-state index is 0.132. The van der Waals surface area contributed by atoms with E-state index in [1.165, 1.54) is 0 Å². The number of piperidine rings is 2. The van der Waals surface area contributed by atoms with Crippen LogP contribution in [0.15, 0.2) is 12.1 Å². The second kappa shape index (κ2) is 13.0. The Balaban J connectivity index is 2.06. The molecule has 0 saturated carbocycles. The highest BCUT2D eigenvalue weighted by molar-refractivity contribution is 6.00. The number of hydrogen-bond acceptors (Lipinski definition) is 8. The van der Waals surface area contributed by atoms with Crippen LogP contribution in [0.2, 0.25) is 0 Å². The van der Waals surface area contributed by atoms with E-state index < -0.39 is 29.2 Å². The zero-order chi connectivity index (χ0) is 38.1. The molecule has 50 heavy (non-hydrogen) atoms. The number of carbonyl (C=O) groups is 2. The van der Waals surface area contributed by atoms with Crippen LogP contribution in [0.4, 0.5) is 0 Å². The van der Waals surface area contributed by atoms with Gasteiger partial charge in [0.15, 0.2) is 6.29 Å². The Labute approximate surface area is 302 Å². The molecular weight excluding hydrogens is 632 g/mol. The van der Waals surface area contributed by atoms with Gasteiger partial charge in [0.2, 0.25) is 5.41 Å². The van der Waals surface area contributed by atoms with E-state index in [1.807, 2.05) is 0 Å². The van der Waals surface area contributed by atoms with E-state index in [1.54, 1.807) is 6.92 Å². The maximum atomic E-state index is 14.9. The van der Waals surface area contributed by atoms with Gasteiger partial charge in [-0.2, -0.15) is 0 Å². The van der Waals surface area contributed by atoms with Crippen LogP contribution in [-0.4, -0.2) is 69.4 Å². The SMILES string of the molecule is CC1OCC(C(=O)O)(C(=O)OC(Cc2cc(C(C)(C)C)c(O)c(C(C)(C)C)c2)(C2CC(C)(C)NC(C)(C)C2)C2CC(C)(C)NC(C)(C)C2)CO1. The Morgan fingerprint density at radius 2 is 1.12 bits per heavy atom. The molecular formula is C41H68N2O7. The van der Waals surface area contributed by atoms with E-state index in [0.29, 0.717) is 12.2 Å². The van der Waals surface area contributed by atoms with Gasteiger partial charge in [-0.15, -0.1) is 0 Å². The molecule has 0 spiro atoms. The quantitative estimate of drug-likeness (QED) is 0.170. The number of rotatable bonds is 7. The van der Waals surface area contributed by atoms with E-state index in [9.17, 15) is 19.8 Å². The van der Waals surface area contributed by atoms with Gasteiger partial charge in [-0.3, -0.25) is 9.59 Å². The highest BCUT2D eigenvalue weighted by Gasteiger charge is 2.61. The number of phenolic OH excluding ortho intramolecular Hbond substituents is 1. The smallest absolute Gasteiger partial charge is 0.328 e. The molecule has 9 heteroatoms. The number of ether oxygens (including phenoxy) is 3. The molecule has 0 amide bonds. The Bertz CT molecular complexity index is 1330. The maximum absolute atomic E-state index is 14.9. The summed E-state index contributed by atoms with van der Waals surface area (Å²) in [6, 6.07) is 4.17. The van der Waals surface area contributed by atoms with Crippen molar-refractivity contribution in [1.29, 1.82) is 0 Å². The summed E-state index contributed by atoms with van der Waals surface area (Å²) in [5, 5.41) is 30.0. The Morgan fingerprint density at radius 1 is 0.760 bits per heavy atom. The molecule has 0 aliphatic carbocycles. The van der Waals surface area contributed by atoms with Gasteiger partial charge in [0.25, 0.3) is 0 Å². The van der Waals surface area contributed by atoms with Crippen LogP contribution in [0.25, 0.3) is 0 Å². The number of esters is 1. The number of aliphatic carboxylic acids is 1. The Morgan fingerprint density at radius 3 is 1.44 bits per heavy atom. The topological polar surface area (TPSA) is 126 Å². The molecule has 0 radical (unpaired) electrons. The van der Waals surface area contributed by atoms with Crippen molar-refractivity contribution in [2.75, 3.05) is 13.2 Å². The molecule has 0 atom stereocenters. The van der Waals surface area contributed by atoms with Crippen molar-refractivity contribution >= 4 is 11.9 Å². The number of hydrogen-bond donors (Lipinski definition) is 4. The van der Waals surface area contributed by atoms with E-state index >= 15 is 0 Å². The van der Waals surface area contributed by atoms with E-state index in [0.717, 1.165) is 42.4 Å². The van der Waals surface area contributed by atoms with Gasteiger partial charge in [0.1, 0.15) is 11.4 Å². The van der Waals surface area contributed by atoms with Crippen molar-refractivity contribution < 1.29 is 34.0 Å². The minimum atomic E-state index is -2.00. The average molecular weight is 701 g/mol. The van der Waals surface area contributed by atoms with Crippen LogP contribution in [0.5, 0.6) is 5.75 Å². The van der Waals surface area contributed by atoms with Crippen LogP contribution < -0.4 is 10.6 Å². The van der Waals surface area contributed by atoms with E-state index in [4.69, 9.17) is 14.2 Å². The zero-order valence-corrected chi connectivity index (χ0v) is 33.8. The van der Waals surface area contributed by atoms with Gasteiger partial charge in [-0.1, -0.05) is 53.7 Å². The maximum Gasteiger partial charge on any atom is 0.328 e. The highest BCUT2D eigenvalue weighted by Crippen LogP contribution is 2.53. The lowest BCUT2D eigenvalue weighted by molar-refractivity contribution is -0.245. The largest absolute Gasteiger partial charge is 0.507 e. The van der Waals surface area contributed by atoms with Crippen molar-refractivity contribution in [3.63, 3.8) is 0 Å². The summed E-state index contributed by atoms with van der Waals surface area (Å²) in [5.74, 6) is -2.10. The van der Waals surface area contributed by atoms with Crippen LogP contribution in [0, 0.1) is 17.3 Å². The standard InChI is InChI=1S/C41H68N2O7/c1-25-48-23-40(24-49-25,32(45)46)33(47)50-41(27-19-36(8,9)42-37(10,11)20-27,28-21-38(12,13)43-39(14,15)22-28)18-26-16-29(34(2,3)4)31(44)30(17-26)35(5,6)7/h16-17,25,27-28,42-44H,18-24H2,1-15H3,(H,45,46). The van der Waals surface area contributed by atoms with Gasteiger partial charge >= 0.3 is 11.9 Å². The first kappa shape index (κ1) is 40.6. The Kier molecular flexibility index (Phi) is 10.6. The molecule has 0 unspecified atom stereocenters. The molecule has 4 N–H and O–H groups in total. The van der Waals surface area contributed by atoms with Crippen molar-refractivity contribution in [3.8, 4) is 5.75 Å². The predicted octanol–water partition coefficient (Wildman–Crippen LogP) is 7.39. The van der Waals surface area contributed by atoms with Crippen LogP contribution in [0.1, 0.15) is 146 Å². The first-order chi connectivity index (χ1) is 22.4. The van der Waals surface area contributed by atoms with Crippen molar-refractivity contribution in [2.24, 2.45) is 17.3 Å². The third kappa shape index (κ3) is 8.53. The summed E-state index contributed by atoms with van der Waals surface area (Å²) in [6.07, 6.45) is 2.61. The zero-order valence-electron chi connectivity index (χ0n) is 33.8. The molecule has 3 aliphatic rings. The molecule has 3 saturated heterocycles. The molecule has 4 rings (SSSR count). The number of phenols is 1. The van der Waals surface area contributed by atoms with Crippen LogP contribution in [-0.2, 0) is 41.1 Å². The van der Waals surface area contributed by atoms with Gasteiger partial charge in [0.05, 0.1) is 13.2 Å². The molecule has 1 aromatic carbocycles. The van der Waals surface area contributed by atoms with Gasteiger partial charge in [0, 0.05) is 40.4 Å². The summed E-state index contributed by atoms with van der Waals surface area (Å²) < 4.78 is 18.5. The molecule has 284 valence electrons. The predicted molar refractivity (Wildman–Crippen MR) is 198 cm³/mol. The lowest BCUT2D eigenvalue weighted by atomic mass is 9.58. The van der Waals surface area contributed by atoms with Gasteiger partial charge in [-0.05, 0) is 116 Å². The fourth-order valence-corrected chi connectivity index (χ4v) is 9.63. The number of carboxylic acids is 1. The second-order valence-corrected chi connectivity index (χ2v) is 20.6. The minimum Gasteiger partial charge on any atom is -0.507 e. The molecule has 1 aromatic rings. The fraction of sp³-hybridized carbons (Fsp3) is 0.805. The lowest BCUT2D eigenvalue weighted by Crippen LogP contribution is -2.68. The lowest BCUT2D eigenvalue weighted by Gasteiger charge is -2.58. The molecule has 0 aromatic heterocycles. The number of benzene rings is 1. The summed E-state index contributed by atoms with van der Waals surface area (Å²) in [6.45, 7) is 31.2. The van der Waals surface area contributed by atoms with Crippen LogP contribution >= 0.6 is 0 Å². The van der Waals surface area contributed by atoms with Crippen molar-refractivity contribution in [3.05, 3.63) is 28.8 Å². The summed E-state index contributed by atoms with van der Waals surface area (Å²) in [5.41, 5.74) is -2.38. The highest BCUT2D eigenvalue weighted by atomic mass is 16.7. The molecule has 0 bridgehead atoms. The first-order valence-corrected chi connectivity index (χ1v) is 18.6. The number of carbonyl (C=O) groups excluding carboxylic acids is 1. The summed E-state index contributed by atoms with van der Waals surface area (Å²) in [7, 11) is 0. The van der Waals surface area contributed by atoms with Gasteiger partial charge < -0.3 is 35.1 Å². The molecule has 3 heterocycles. The van der Waals surface area contributed by atoms with Crippen molar-refractivity contribution in [2.45, 2.75) is 181 Å². The third-order valence-corrected chi connectivity index (χ3v) is 11.2. The van der Waals surface area contributed by atoms with Crippen LogP contribution in [0.3, 0.4) is 0 Å². The fourth-order valence-electron chi connectivity index (χ4n) is 9.63. The van der Waals surface area contributed by atoms with Crippen molar-refractivity contribution in [1.82, 2.24) is 10.6 Å². The van der Waals surface area contributed by atoms with Gasteiger partial charge in [-0.25, -0.2) is 0 Å². The second-order valence-electron chi connectivity index (χ2n) is 20.6. The first-order valence-electron chi connectivity index (χ1n) is 18.6. The molecule has 3 fully saturated rings. The molecule has 3 aliphatic heterocycles. The Hall–Kier alpha value is -2.20. The third-order valence-electron chi connectivity index (χ3n) is 11.2. The number of aromatic hydroxyl groups is 1. The number of carboxylic acid groups (broad SMARTS) is 1. The summed E-state index contributed by atoms with van der Waals surface area (Å²) in [4.78, 5) is 27.9. The monoisotopic (exact) mass is 701 g/mol. The number of nitrogens with one attached hydrogen (secondary N) is 2. The van der Waals surface area contributed by atoms with E-state index in [2.05, 4.69) is 120 Å². The normalized spacial score (nSPS) is 27.5. The average Bonchev–Trinajstić information content (AvgIpc) is 2.89. The summed E-state index contributed by atoms with van der Waals surface area (Å²) >= 11 is 0.